The molecular weight excluding hydrogens is 747 g/mol. The Kier molecular flexibility index (Phi) is 19.9. The van der Waals surface area contributed by atoms with Gasteiger partial charge in [0.05, 0.1) is 72.1 Å². The fraction of sp³-hybridized carbons (Fsp3) is 0.667. The van der Waals surface area contributed by atoms with Crippen LogP contribution in [-0.2, 0) is 33.3 Å². The van der Waals surface area contributed by atoms with E-state index in [1.165, 1.54) is 25.3 Å². The van der Waals surface area contributed by atoms with Crippen molar-refractivity contribution in [1.29, 1.82) is 0 Å². The largest absolute Gasteiger partial charge is 0.491 e. The Hall–Kier alpha value is -3.71. The van der Waals surface area contributed by atoms with Gasteiger partial charge in [-0.1, -0.05) is 31.4 Å². The number of nitrogens with two attached hydrogens (primary N) is 1. The second kappa shape index (κ2) is 24.8. The molecule has 0 spiro atoms. The van der Waals surface area contributed by atoms with Crippen molar-refractivity contribution in [3.05, 3.63) is 45.9 Å². The van der Waals surface area contributed by atoms with Crippen LogP contribution in [0.1, 0.15) is 79.0 Å². The van der Waals surface area contributed by atoms with Gasteiger partial charge in [0.25, 0.3) is 0 Å². The van der Waals surface area contributed by atoms with Crippen LogP contribution in [0.15, 0.2) is 29.6 Å². The molecule has 0 radical (unpaired) electrons. The van der Waals surface area contributed by atoms with Gasteiger partial charge < -0.3 is 49.5 Å². The maximum atomic E-state index is 14.2. The van der Waals surface area contributed by atoms with E-state index >= 15 is 0 Å². The highest BCUT2D eigenvalue weighted by molar-refractivity contribution is 7.10. The average molecular weight is 806 g/mol. The van der Waals surface area contributed by atoms with Crippen molar-refractivity contribution >= 4 is 35.0 Å². The molecule has 2 fully saturated rings. The summed E-state index contributed by atoms with van der Waals surface area (Å²) >= 11 is 1.34. The highest BCUT2D eigenvalue weighted by Crippen LogP contribution is 2.36. The molecule has 312 valence electrons. The monoisotopic (exact) mass is 805 g/mol. The predicted molar refractivity (Wildman–Crippen MR) is 208 cm³/mol. The molecule has 16 nitrogen and oxygen atoms in total. The number of likely N-dealkylation sites (tertiary alicyclic amines) is 1. The van der Waals surface area contributed by atoms with Crippen molar-refractivity contribution in [3.63, 3.8) is 0 Å². The third-order valence-corrected chi connectivity index (χ3v) is 10.8. The first kappa shape index (κ1) is 45.0. The minimum absolute atomic E-state index is 0.0431. The lowest BCUT2D eigenvalue weighted by Crippen LogP contribution is -2.56. The van der Waals surface area contributed by atoms with Gasteiger partial charge in [-0.25, -0.2) is 9.78 Å². The van der Waals surface area contributed by atoms with Crippen molar-refractivity contribution in [3.8, 4) is 5.75 Å². The van der Waals surface area contributed by atoms with Crippen molar-refractivity contribution in [2.45, 2.75) is 70.0 Å². The SMILES string of the molecule is CC(C(=O)NC(C(=O)N1CCC[C@H]1c1nc(C(=O)c2cccc(OCCOCCOCCOCCOCCOCCN)c2)cs1)C1CCCCC1)N(C)C(=O)O. The summed E-state index contributed by atoms with van der Waals surface area (Å²) < 4.78 is 33.0. The van der Waals surface area contributed by atoms with E-state index in [9.17, 15) is 24.3 Å². The quantitative estimate of drug-likeness (QED) is 0.0922. The number of nitrogens with one attached hydrogen (secondary N) is 1. The van der Waals surface area contributed by atoms with Gasteiger partial charge in [0.15, 0.2) is 0 Å². The highest BCUT2D eigenvalue weighted by atomic mass is 32.1. The Labute approximate surface area is 333 Å². The van der Waals surface area contributed by atoms with Crippen LogP contribution >= 0.6 is 11.3 Å². The molecule has 1 aliphatic heterocycles. The van der Waals surface area contributed by atoms with Gasteiger partial charge in [0.1, 0.15) is 35.1 Å². The number of hydrogen-bond donors (Lipinski definition) is 3. The summed E-state index contributed by atoms with van der Waals surface area (Å²) in [4.78, 5) is 59.8. The molecule has 2 aliphatic rings. The van der Waals surface area contributed by atoms with E-state index in [1.54, 1.807) is 34.5 Å². The minimum atomic E-state index is -1.22. The second-order valence-corrected chi connectivity index (χ2v) is 14.7. The van der Waals surface area contributed by atoms with E-state index in [4.69, 9.17) is 39.1 Å². The number of benzene rings is 1. The number of thiazole rings is 1. The van der Waals surface area contributed by atoms with Crippen LogP contribution in [0.4, 0.5) is 4.79 Å². The smallest absolute Gasteiger partial charge is 0.407 e. The first-order valence-electron chi connectivity index (χ1n) is 19.6. The zero-order valence-corrected chi connectivity index (χ0v) is 33.5. The summed E-state index contributed by atoms with van der Waals surface area (Å²) in [5.41, 5.74) is 6.07. The number of amides is 3. The van der Waals surface area contributed by atoms with E-state index in [2.05, 4.69) is 5.32 Å². The molecule has 4 rings (SSSR count). The molecule has 17 heteroatoms. The van der Waals surface area contributed by atoms with E-state index in [0.717, 1.165) is 43.4 Å². The number of ether oxygens (including phenoxy) is 6. The molecule has 3 amide bonds. The molecule has 2 unspecified atom stereocenters. The second-order valence-electron chi connectivity index (χ2n) is 13.8. The van der Waals surface area contributed by atoms with Crippen molar-refractivity contribution in [1.82, 2.24) is 20.1 Å². The molecule has 2 heterocycles. The number of nitrogens with zero attached hydrogens (tertiary/aromatic N) is 3. The molecule has 1 saturated carbocycles. The topological polar surface area (TPSA) is 201 Å². The Morgan fingerprint density at radius 3 is 2.11 bits per heavy atom. The summed E-state index contributed by atoms with van der Waals surface area (Å²) in [6, 6.07) is 4.87. The molecule has 56 heavy (non-hydrogen) atoms. The van der Waals surface area contributed by atoms with Gasteiger partial charge in [-0.3, -0.25) is 19.3 Å². The van der Waals surface area contributed by atoms with Crippen molar-refractivity contribution < 1.29 is 52.7 Å². The number of carbonyl (C=O) groups excluding carboxylic acids is 3. The zero-order chi connectivity index (χ0) is 40.1. The van der Waals surface area contributed by atoms with E-state index in [1.807, 2.05) is 0 Å². The molecule has 4 N–H and O–H groups in total. The first-order valence-corrected chi connectivity index (χ1v) is 20.5. The lowest BCUT2D eigenvalue weighted by Gasteiger charge is -2.35. The van der Waals surface area contributed by atoms with Crippen LogP contribution in [0.25, 0.3) is 0 Å². The third-order valence-electron chi connectivity index (χ3n) is 9.87. The molecule has 2 aromatic rings. The highest BCUT2D eigenvalue weighted by Gasteiger charge is 2.40. The standard InChI is InChI=1S/C39H59N5O11S/c1-28(43(2)39(48)49)36(46)42-34(29-8-4-3-5-9-29)38(47)44-14-7-12-33(44)37-41-32(27-56-37)35(45)30-10-6-11-31(26-30)55-25-24-54-23-22-53-21-20-52-19-18-51-17-16-50-15-13-40/h6,10-11,26-29,33-34H,3-5,7-9,12-25,40H2,1-2H3,(H,42,46)(H,48,49)/t28?,33-,34?/m0/s1. The molecule has 0 bridgehead atoms. The molecule has 1 aliphatic carbocycles. The number of aromatic nitrogens is 1. The number of likely N-dealkylation sites (N-methyl/N-ethyl adjacent to an activating group) is 1. The molecule has 1 saturated heterocycles. The molecule has 3 atom stereocenters. The van der Waals surface area contributed by atoms with E-state index in [0.29, 0.717) is 109 Å². The first-order chi connectivity index (χ1) is 27.2. The average Bonchev–Trinajstić information content (AvgIpc) is 3.91. The fourth-order valence-electron chi connectivity index (χ4n) is 6.63. The zero-order valence-electron chi connectivity index (χ0n) is 32.7. The third kappa shape index (κ3) is 14.3. The van der Waals surface area contributed by atoms with Crippen LogP contribution in [0.3, 0.4) is 0 Å². The van der Waals surface area contributed by atoms with Gasteiger partial charge >= 0.3 is 6.09 Å². The molecule has 1 aromatic heterocycles. The fourth-order valence-corrected chi connectivity index (χ4v) is 7.58. The number of rotatable bonds is 26. The normalized spacial score (nSPS) is 17.1. The Bertz CT molecular complexity index is 1510. The lowest BCUT2D eigenvalue weighted by atomic mass is 9.83. The minimum Gasteiger partial charge on any atom is -0.491 e. The van der Waals surface area contributed by atoms with E-state index < -0.39 is 24.1 Å². The van der Waals surface area contributed by atoms with E-state index in [-0.39, 0.29) is 29.3 Å². The van der Waals surface area contributed by atoms with Crippen molar-refractivity contribution in [2.24, 2.45) is 11.7 Å². The van der Waals surface area contributed by atoms with Crippen LogP contribution in [0.5, 0.6) is 5.75 Å². The maximum absolute atomic E-state index is 14.2. The summed E-state index contributed by atoms with van der Waals surface area (Å²) in [5.74, 6) is -0.457. The van der Waals surface area contributed by atoms with Gasteiger partial charge in [0, 0.05) is 31.1 Å². The van der Waals surface area contributed by atoms with Gasteiger partial charge in [0.2, 0.25) is 17.6 Å². The Morgan fingerprint density at radius 1 is 0.893 bits per heavy atom. The van der Waals surface area contributed by atoms with Crippen LogP contribution in [-0.4, -0.2) is 148 Å². The summed E-state index contributed by atoms with van der Waals surface area (Å²) in [6.07, 6.45) is 4.85. The van der Waals surface area contributed by atoms with Gasteiger partial charge in [-0.15, -0.1) is 11.3 Å². The number of carbonyl (C=O) groups is 4. The maximum Gasteiger partial charge on any atom is 0.407 e. The van der Waals surface area contributed by atoms with Gasteiger partial charge in [-0.05, 0) is 50.7 Å². The van der Waals surface area contributed by atoms with Gasteiger partial charge in [-0.2, -0.15) is 0 Å². The van der Waals surface area contributed by atoms with Crippen LogP contribution in [0, 0.1) is 5.92 Å². The number of carboxylic acid groups (broad SMARTS) is 1. The Balaban J connectivity index is 1.21. The van der Waals surface area contributed by atoms with Crippen LogP contribution < -0.4 is 15.8 Å². The van der Waals surface area contributed by atoms with Crippen LogP contribution in [0.2, 0.25) is 0 Å². The summed E-state index contributed by atoms with van der Waals surface area (Å²) in [5, 5.41) is 14.7. The lowest BCUT2D eigenvalue weighted by molar-refractivity contribution is -0.140. The Morgan fingerprint density at radius 2 is 1.50 bits per heavy atom. The summed E-state index contributed by atoms with van der Waals surface area (Å²) in [7, 11) is 1.34. The number of ketones is 1. The number of hydrogen-bond acceptors (Lipinski definition) is 13. The molecular formula is C39H59N5O11S. The molecule has 1 aromatic carbocycles. The van der Waals surface area contributed by atoms with Crippen molar-refractivity contribution in [2.75, 3.05) is 92.8 Å². The predicted octanol–water partition coefficient (Wildman–Crippen LogP) is 3.52. The summed E-state index contributed by atoms with van der Waals surface area (Å²) in [6.45, 7) is 7.43.